The Bertz CT molecular complexity index is 545. The van der Waals surface area contributed by atoms with E-state index in [1.165, 1.54) is 23.5 Å². The number of hydrogen-bond acceptors (Lipinski definition) is 2. The van der Waals surface area contributed by atoms with Gasteiger partial charge in [-0.3, -0.25) is 0 Å². The summed E-state index contributed by atoms with van der Waals surface area (Å²) in [6, 6.07) is 5.94. The first-order chi connectivity index (χ1) is 8.52. The molecule has 18 heavy (non-hydrogen) atoms. The molecule has 1 N–H and O–H groups in total. The van der Waals surface area contributed by atoms with Gasteiger partial charge >= 0.3 is 0 Å². The number of aryl methyl sites for hydroxylation is 1. The van der Waals surface area contributed by atoms with Crippen molar-refractivity contribution in [2.75, 3.05) is 7.05 Å². The van der Waals surface area contributed by atoms with Gasteiger partial charge in [0.15, 0.2) is 0 Å². The summed E-state index contributed by atoms with van der Waals surface area (Å²) in [5, 5.41) is 2.96. The minimum absolute atomic E-state index is 0.0579. The van der Waals surface area contributed by atoms with Gasteiger partial charge in [-0.2, -0.15) is 0 Å². The molecule has 0 aliphatic heterocycles. The number of benzene rings is 1. The van der Waals surface area contributed by atoms with Gasteiger partial charge in [-0.1, -0.05) is 15.9 Å². The Kier molecular flexibility index (Phi) is 4.14. The van der Waals surface area contributed by atoms with Crippen LogP contribution in [0.5, 0.6) is 0 Å². The molecule has 1 nitrogen and oxygen atoms in total. The van der Waals surface area contributed by atoms with E-state index in [1.807, 2.05) is 19.1 Å². The monoisotopic (exact) mass is 331 g/mol. The fourth-order valence-corrected chi connectivity index (χ4v) is 3.27. The zero-order chi connectivity index (χ0) is 13.3. The summed E-state index contributed by atoms with van der Waals surface area (Å²) < 4.78 is 28.3. The Morgan fingerprint density at radius 1 is 1.22 bits per heavy atom. The van der Waals surface area contributed by atoms with Gasteiger partial charge in [0.25, 0.3) is 0 Å². The molecule has 0 radical (unpaired) electrons. The standard InChI is InChI=1S/C13H12BrF2NS/c1-7-3-4-11(18-7)13(17-2)12-9(15)5-8(14)6-10(12)16/h3-6,13,17H,1-2H3. The number of thiophene rings is 1. The van der Waals surface area contributed by atoms with Gasteiger partial charge in [-0.15, -0.1) is 11.3 Å². The third kappa shape index (κ3) is 2.63. The summed E-state index contributed by atoms with van der Waals surface area (Å²) in [4.78, 5) is 2.01. The van der Waals surface area contributed by atoms with E-state index in [9.17, 15) is 8.78 Å². The van der Waals surface area contributed by atoms with E-state index >= 15 is 0 Å². The molecule has 1 aromatic carbocycles. The normalized spacial score (nSPS) is 12.7. The van der Waals surface area contributed by atoms with Gasteiger partial charge in [-0.25, -0.2) is 8.78 Å². The molecule has 96 valence electrons. The highest BCUT2D eigenvalue weighted by molar-refractivity contribution is 9.10. The summed E-state index contributed by atoms with van der Waals surface area (Å²) in [6.45, 7) is 1.97. The van der Waals surface area contributed by atoms with Crippen LogP contribution in [-0.4, -0.2) is 7.05 Å². The SMILES string of the molecule is CNC(c1ccc(C)s1)c1c(F)cc(Br)cc1F. The number of hydrogen-bond donors (Lipinski definition) is 1. The molecule has 0 bridgehead atoms. The molecule has 0 saturated heterocycles. The lowest BCUT2D eigenvalue weighted by molar-refractivity contribution is 0.523. The van der Waals surface area contributed by atoms with Crippen molar-refractivity contribution in [3.63, 3.8) is 0 Å². The molecular weight excluding hydrogens is 320 g/mol. The Morgan fingerprint density at radius 2 is 1.83 bits per heavy atom. The average molecular weight is 332 g/mol. The van der Waals surface area contributed by atoms with E-state index < -0.39 is 17.7 Å². The smallest absolute Gasteiger partial charge is 0.132 e. The quantitative estimate of drug-likeness (QED) is 0.878. The van der Waals surface area contributed by atoms with E-state index in [0.717, 1.165) is 9.75 Å². The van der Waals surface area contributed by atoms with Crippen LogP contribution in [0.3, 0.4) is 0 Å². The highest BCUT2D eigenvalue weighted by atomic mass is 79.9. The van der Waals surface area contributed by atoms with Crippen LogP contribution in [0.4, 0.5) is 8.78 Å². The molecule has 0 aliphatic rings. The van der Waals surface area contributed by atoms with E-state index in [-0.39, 0.29) is 5.56 Å². The number of rotatable bonds is 3. The maximum absolute atomic E-state index is 13.9. The Balaban J connectivity index is 2.51. The molecule has 0 amide bonds. The Labute approximate surface area is 117 Å². The minimum Gasteiger partial charge on any atom is -0.308 e. The molecule has 1 unspecified atom stereocenters. The Hall–Kier alpha value is -0.780. The highest BCUT2D eigenvalue weighted by Gasteiger charge is 2.22. The van der Waals surface area contributed by atoms with Gasteiger partial charge in [0.1, 0.15) is 11.6 Å². The molecule has 5 heteroatoms. The van der Waals surface area contributed by atoms with Crippen molar-refractivity contribution in [3.05, 3.63) is 55.7 Å². The summed E-state index contributed by atoms with van der Waals surface area (Å²) >= 11 is 4.61. The predicted molar refractivity (Wildman–Crippen MR) is 74.0 cm³/mol. The second-order valence-electron chi connectivity index (χ2n) is 3.95. The zero-order valence-electron chi connectivity index (χ0n) is 9.93. The molecule has 1 atom stereocenters. The topological polar surface area (TPSA) is 12.0 Å². The minimum atomic E-state index is -0.549. The highest BCUT2D eigenvalue weighted by Crippen LogP contribution is 2.32. The van der Waals surface area contributed by atoms with Crippen molar-refractivity contribution in [1.82, 2.24) is 5.32 Å². The molecule has 2 rings (SSSR count). The van der Waals surface area contributed by atoms with Crippen LogP contribution in [0.1, 0.15) is 21.4 Å². The second-order valence-corrected chi connectivity index (χ2v) is 6.19. The number of nitrogens with one attached hydrogen (secondary N) is 1. The van der Waals surface area contributed by atoms with Crippen LogP contribution in [-0.2, 0) is 0 Å². The van der Waals surface area contributed by atoms with Crippen molar-refractivity contribution >= 4 is 27.3 Å². The van der Waals surface area contributed by atoms with E-state index in [0.29, 0.717) is 4.47 Å². The van der Waals surface area contributed by atoms with Crippen LogP contribution in [0.15, 0.2) is 28.7 Å². The van der Waals surface area contributed by atoms with Crippen LogP contribution < -0.4 is 5.32 Å². The third-order valence-corrected chi connectivity index (χ3v) is 4.19. The van der Waals surface area contributed by atoms with Gasteiger partial charge in [0.05, 0.1) is 6.04 Å². The first-order valence-corrected chi connectivity index (χ1v) is 7.02. The first-order valence-electron chi connectivity index (χ1n) is 5.41. The van der Waals surface area contributed by atoms with Gasteiger partial charge in [0, 0.05) is 19.8 Å². The lowest BCUT2D eigenvalue weighted by atomic mass is 10.0. The predicted octanol–water partition coefficient (Wildman–Crippen LogP) is 4.41. The van der Waals surface area contributed by atoms with E-state index in [4.69, 9.17) is 0 Å². The maximum atomic E-state index is 13.9. The van der Waals surface area contributed by atoms with Gasteiger partial charge in [-0.05, 0) is 38.2 Å². The lowest BCUT2D eigenvalue weighted by Crippen LogP contribution is -2.19. The molecule has 0 fully saturated rings. The zero-order valence-corrected chi connectivity index (χ0v) is 12.3. The van der Waals surface area contributed by atoms with Crippen molar-refractivity contribution in [1.29, 1.82) is 0 Å². The summed E-state index contributed by atoms with van der Waals surface area (Å²) in [5.74, 6) is -1.10. The summed E-state index contributed by atoms with van der Waals surface area (Å²) in [7, 11) is 1.70. The van der Waals surface area contributed by atoms with Gasteiger partial charge < -0.3 is 5.32 Å². The van der Waals surface area contributed by atoms with E-state index in [2.05, 4.69) is 21.2 Å². The summed E-state index contributed by atoms with van der Waals surface area (Å²) in [6.07, 6.45) is 0. The molecule has 0 saturated carbocycles. The van der Waals surface area contributed by atoms with Crippen LogP contribution in [0, 0.1) is 18.6 Å². The maximum Gasteiger partial charge on any atom is 0.132 e. The van der Waals surface area contributed by atoms with Crippen molar-refractivity contribution in [3.8, 4) is 0 Å². The van der Waals surface area contributed by atoms with E-state index in [1.54, 1.807) is 7.05 Å². The average Bonchev–Trinajstić information content (AvgIpc) is 2.69. The summed E-state index contributed by atoms with van der Waals surface area (Å²) in [5.41, 5.74) is 0.0579. The molecule has 2 aromatic rings. The van der Waals surface area contributed by atoms with Crippen LogP contribution in [0.25, 0.3) is 0 Å². The molecule has 1 heterocycles. The fraction of sp³-hybridized carbons (Fsp3) is 0.231. The van der Waals surface area contributed by atoms with Crippen LogP contribution >= 0.6 is 27.3 Å². The Morgan fingerprint density at radius 3 is 2.28 bits per heavy atom. The fourth-order valence-electron chi connectivity index (χ4n) is 1.87. The van der Waals surface area contributed by atoms with Crippen LogP contribution in [0.2, 0.25) is 0 Å². The molecule has 1 aromatic heterocycles. The van der Waals surface area contributed by atoms with Crippen molar-refractivity contribution in [2.45, 2.75) is 13.0 Å². The molecule has 0 spiro atoms. The first kappa shape index (κ1) is 13.6. The van der Waals surface area contributed by atoms with Gasteiger partial charge in [0.2, 0.25) is 0 Å². The van der Waals surface area contributed by atoms with Crippen molar-refractivity contribution < 1.29 is 8.78 Å². The largest absolute Gasteiger partial charge is 0.308 e. The molecular formula is C13H12BrF2NS. The third-order valence-electron chi connectivity index (χ3n) is 2.67. The van der Waals surface area contributed by atoms with Crippen molar-refractivity contribution in [2.24, 2.45) is 0 Å². The second kappa shape index (κ2) is 5.47. The number of halogens is 3. The molecule has 0 aliphatic carbocycles. The lowest BCUT2D eigenvalue weighted by Gasteiger charge is -2.17.